The molecule has 8 heteroatoms. The van der Waals surface area contributed by atoms with E-state index in [-0.39, 0.29) is 22.0 Å². The average molecular weight is 460 g/mol. The molecular formula is C25H17FN2O4S. The maximum absolute atomic E-state index is 14.9. The fourth-order valence-corrected chi connectivity index (χ4v) is 4.92. The molecule has 1 saturated heterocycles. The van der Waals surface area contributed by atoms with Crippen LogP contribution in [0.2, 0.25) is 0 Å². The summed E-state index contributed by atoms with van der Waals surface area (Å²) in [5.41, 5.74) is 0.859. The van der Waals surface area contributed by atoms with Gasteiger partial charge in [-0.2, -0.15) is 0 Å². The van der Waals surface area contributed by atoms with Crippen molar-refractivity contribution < 1.29 is 23.8 Å². The average Bonchev–Trinajstić information content (AvgIpc) is 3.37. The molecule has 1 aliphatic heterocycles. The molecule has 1 atom stereocenters. The molecule has 0 aliphatic carbocycles. The number of anilines is 1. The monoisotopic (exact) mass is 460 g/mol. The maximum Gasteiger partial charge on any atom is 0.301 e. The zero-order valence-corrected chi connectivity index (χ0v) is 18.2. The summed E-state index contributed by atoms with van der Waals surface area (Å²) in [5.74, 6) is -2.13. The number of aromatic nitrogens is 1. The Morgan fingerprint density at radius 3 is 2.52 bits per heavy atom. The number of nitrogens with zero attached hydrogens (tertiary/aromatic N) is 2. The van der Waals surface area contributed by atoms with Gasteiger partial charge in [-0.1, -0.05) is 59.9 Å². The number of ether oxygens (including phenoxy) is 1. The molecule has 33 heavy (non-hydrogen) atoms. The van der Waals surface area contributed by atoms with Gasteiger partial charge in [-0.05, 0) is 24.3 Å². The summed E-state index contributed by atoms with van der Waals surface area (Å²) in [6.45, 7) is 0. The molecule has 0 saturated carbocycles. The van der Waals surface area contributed by atoms with Crippen molar-refractivity contribution in [3.63, 3.8) is 0 Å². The summed E-state index contributed by atoms with van der Waals surface area (Å²) in [6.07, 6.45) is 0. The van der Waals surface area contributed by atoms with Crippen LogP contribution in [0.4, 0.5) is 9.52 Å². The number of halogens is 1. The predicted octanol–water partition coefficient (Wildman–Crippen LogP) is 5.07. The first-order valence-corrected chi connectivity index (χ1v) is 10.9. The summed E-state index contributed by atoms with van der Waals surface area (Å²) < 4.78 is 20.9. The number of amides is 1. The number of carbonyl (C=O) groups excluding carboxylic acids is 2. The predicted molar refractivity (Wildman–Crippen MR) is 124 cm³/mol. The van der Waals surface area contributed by atoms with Crippen molar-refractivity contribution in [1.29, 1.82) is 0 Å². The lowest BCUT2D eigenvalue weighted by Crippen LogP contribution is -2.29. The second-order valence-electron chi connectivity index (χ2n) is 7.39. The quantitative estimate of drug-likeness (QED) is 0.261. The van der Waals surface area contributed by atoms with Crippen molar-refractivity contribution in [2.75, 3.05) is 12.0 Å². The largest absolute Gasteiger partial charge is 0.507 e. The molecule has 1 fully saturated rings. The SMILES string of the molecule is COc1ccc2nc(N3C(=O)C(=O)C(=C(O)c4ccccc4)[C@@H]3c3ccccc3F)sc2c1. The first-order valence-electron chi connectivity index (χ1n) is 10.0. The summed E-state index contributed by atoms with van der Waals surface area (Å²) >= 11 is 1.18. The lowest BCUT2D eigenvalue weighted by Gasteiger charge is -2.23. The van der Waals surface area contributed by atoms with Gasteiger partial charge in [0.05, 0.1) is 22.9 Å². The number of Topliss-reactive ketones (excluding diaryl/α,β-unsaturated/α-hetero) is 1. The van der Waals surface area contributed by atoms with Crippen LogP contribution in [0.5, 0.6) is 5.75 Å². The van der Waals surface area contributed by atoms with E-state index in [0.29, 0.717) is 16.8 Å². The van der Waals surface area contributed by atoms with Crippen LogP contribution >= 0.6 is 11.3 Å². The molecule has 0 bridgehead atoms. The number of hydrogen-bond donors (Lipinski definition) is 1. The topological polar surface area (TPSA) is 79.7 Å². The van der Waals surface area contributed by atoms with E-state index >= 15 is 0 Å². The highest BCUT2D eigenvalue weighted by Gasteiger charge is 2.49. The Morgan fingerprint density at radius 2 is 1.79 bits per heavy atom. The molecular weight excluding hydrogens is 443 g/mol. The van der Waals surface area contributed by atoms with E-state index < -0.39 is 23.5 Å². The lowest BCUT2D eigenvalue weighted by atomic mass is 9.95. The van der Waals surface area contributed by atoms with Crippen LogP contribution in [0.1, 0.15) is 17.2 Å². The van der Waals surface area contributed by atoms with Gasteiger partial charge in [-0.25, -0.2) is 9.37 Å². The second-order valence-corrected chi connectivity index (χ2v) is 8.40. The van der Waals surface area contributed by atoms with Crippen LogP contribution in [0.3, 0.4) is 0 Å². The smallest absolute Gasteiger partial charge is 0.301 e. The van der Waals surface area contributed by atoms with Gasteiger partial charge in [-0.15, -0.1) is 0 Å². The van der Waals surface area contributed by atoms with Gasteiger partial charge in [0.1, 0.15) is 23.4 Å². The first kappa shape index (κ1) is 20.8. The van der Waals surface area contributed by atoms with Gasteiger partial charge in [0.2, 0.25) is 0 Å². The molecule has 2 heterocycles. The molecule has 5 rings (SSSR count). The molecule has 164 valence electrons. The number of rotatable bonds is 4. The fraction of sp³-hybridized carbons (Fsp3) is 0.0800. The van der Waals surface area contributed by atoms with Crippen molar-refractivity contribution in [3.05, 3.63) is 95.3 Å². The van der Waals surface area contributed by atoms with Gasteiger partial charge in [0.15, 0.2) is 5.13 Å². The lowest BCUT2D eigenvalue weighted by molar-refractivity contribution is -0.132. The van der Waals surface area contributed by atoms with Crippen LogP contribution in [-0.2, 0) is 9.59 Å². The number of hydrogen-bond acceptors (Lipinski definition) is 6. The summed E-state index contributed by atoms with van der Waals surface area (Å²) in [4.78, 5) is 32.0. The third-order valence-electron chi connectivity index (χ3n) is 5.48. The van der Waals surface area contributed by atoms with Crippen LogP contribution in [0.15, 0.2) is 78.4 Å². The molecule has 3 aromatic carbocycles. The van der Waals surface area contributed by atoms with Crippen LogP contribution < -0.4 is 9.64 Å². The van der Waals surface area contributed by atoms with Crippen molar-refractivity contribution >= 4 is 44.1 Å². The Hall–Kier alpha value is -4.04. The highest BCUT2D eigenvalue weighted by atomic mass is 32.1. The second kappa shape index (κ2) is 8.14. The number of aliphatic hydroxyl groups is 1. The van der Waals surface area contributed by atoms with Crippen LogP contribution in [0.25, 0.3) is 16.0 Å². The van der Waals surface area contributed by atoms with Crippen LogP contribution in [-0.4, -0.2) is 28.9 Å². The zero-order chi connectivity index (χ0) is 23.1. The third kappa shape index (κ3) is 3.44. The number of methoxy groups -OCH3 is 1. The zero-order valence-electron chi connectivity index (χ0n) is 17.4. The van der Waals surface area contributed by atoms with Gasteiger partial charge < -0.3 is 9.84 Å². The first-order chi connectivity index (χ1) is 16.0. The normalized spacial score (nSPS) is 17.6. The fourth-order valence-electron chi connectivity index (χ4n) is 3.90. The molecule has 0 spiro atoms. The van der Waals surface area contributed by atoms with Crippen molar-refractivity contribution in [2.24, 2.45) is 0 Å². The van der Waals surface area contributed by atoms with Gasteiger partial charge in [0, 0.05) is 11.1 Å². The number of aliphatic hydroxyl groups excluding tert-OH is 1. The summed E-state index contributed by atoms with van der Waals surface area (Å²) in [7, 11) is 1.55. The molecule has 0 unspecified atom stereocenters. The Bertz CT molecular complexity index is 1430. The van der Waals surface area contributed by atoms with Gasteiger partial charge >= 0.3 is 5.91 Å². The standard InChI is InChI=1S/C25H17FN2O4S/c1-32-15-11-12-18-19(13-15)33-25(27-18)28-21(16-9-5-6-10-17(16)26)20(23(30)24(28)31)22(29)14-7-3-2-4-8-14/h2-13,21,29H,1H3/t21-/m0/s1. The van der Waals surface area contributed by atoms with Gasteiger partial charge in [0.25, 0.3) is 5.78 Å². The van der Waals surface area contributed by atoms with Crippen LogP contribution in [0, 0.1) is 5.82 Å². The van der Waals surface area contributed by atoms with E-state index in [1.807, 2.05) is 0 Å². The van der Waals surface area contributed by atoms with Crippen molar-refractivity contribution in [1.82, 2.24) is 4.98 Å². The Balaban J connectivity index is 1.74. The third-order valence-corrected chi connectivity index (χ3v) is 6.50. The minimum atomic E-state index is -1.17. The Labute approximate surface area is 192 Å². The molecule has 1 aromatic heterocycles. The molecule has 1 aliphatic rings. The minimum Gasteiger partial charge on any atom is -0.507 e. The van der Waals surface area contributed by atoms with Crippen molar-refractivity contribution in [2.45, 2.75) is 6.04 Å². The highest BCUT2D eigenvalue weighted by Crippen LogP contribution is 2.45. The Morgan fingerprint density at radius 1 is 1.06 bits per heavy atom. The molecule has 1 N–H and O–H groups in total. The van der Waals surface area contributed by atoms with E-state index in [0.717, 1.165) is 9.60 Å². The number of carbonyl (C=O) groups is 2. The van der Waals surface area contributed by atoms with E-state index in [4.69, 9.17) is 4.74 Å². The highest BCUT2D eigenvalue weighted by molar-refractivity contribution is 7.22. The van der Waals surface area contributed by atoms with Gasteiger partial charge in [-0.3, -0.25) is 14.5 Å². The number of benzene rings is 3. The molecule has 6 nitrogen and oxygen atoms in total. The summed E-state index contributed by atoms with van der Waals surface area (Å²) in [5, 5.41) is 11.3. The maximum atomic E-state index is 14.9. The van der Waals surface area contributed by atoms with E-state index in [1.54, 1.807) is 61.7 Å². The summed E-state index contributed by atoms with van der Waals surface area (Å²) in [6, 6.07) is 18.4. The minimum absolute atomic E-state index is 0.0889. The molecule has 4 aromatic rings. The molecule has 0 radical (unpaired) electrons. The van der Waals surface area contributed by atoms with E-state index in [2.05, 4.69) is 4.98 Å². The molecule has 1 amide bonds. The van der Waals surface area contributed by atoms with Crippen molar-refractivity contribution in [3.8, 4) is 5.75 Å². The Kier molecular flexibility index (Phi) is 5.14. The number of fused-ring (bicyclic) bond motifs is 1. The van der Waals surface area contributed by atoms with E-state index in [9.17, 15) is 19.1 Å². The van der Waals surface area contributed by atoms with E-state index in [1.165, 1.54) is 29.5 Å². The number of ketones is 1. The number of thiazole rings is 1.